The summed E-state index contributed by atoms with van der Waals surface area (Å²) < 4.78 is 28.9. The molecule has 0 aliphatic heterocycles. The molecule has 4 aromatic rings. The smallest absolute Gasteiger partial charge is 0.258 e. The Morgan fingerprint density at radius 1 is 1.14 bits per heavy atom. The van der Waals surface area contributed by atoms with Gasteiger partial charge in [-0.1, -0.05) is 6.07 Å². The number of carbonyl (C=O) groups is 1. The highest BCUT2D eigenvalue weighted by Gasteiger charge is 2.21. The standard InChI is InChI=1S/C20H15F2N5O/c21-17-11(7-13-3-1-2-6-24-13)9-15(18(22)19(17)23)20(28)26-14-4-5-16-12(8-14)10-25-27-16/h1-6,8-10H,7,23H2,(H,25,27)(H,26,28). The summed E-state index contributed by atoms with van der Waals surface area (Å²) in [4.78, 5) is 16.7. The summed E-state index contributed by atoms with van der Waals surface area (Å²) in [6.45, 7) is 0. The molecule has 6 nitrogen and oxygen atoms in total. The molecule has 1 amide bonds. The summed E-state index contributed by atoms with van der Waals surface area (Å²) in [6.07, 6.45) is 3.25. The zero-order chi connectivity index (χ0) is 19.7. The molecule has 0 bridgehead atoms. The van der Waals surface area contributed by atoms with Gasteiger partial charge in [-0.05, 0) is 42.0 Å². The van der Waals surface area contributed by atoms with Crippen molar-refractivity contribution in [3.8, 4) is 0 Å². The minimum Gasteiger partial charge on any atom is -0.394 e. The number of nitrogens with zero attached hydrogens (tertiary/aromatic N) is 2. The van der Waals surface area contributed by atoms with E-state index in [1.54, 1.807) is 48.8 Å². The summed E-state index contributed by atoms with van der Waals surface area (Å²) in [5.41, 5.74) is 6.45. The lowest BCUT2D eigenvalue weighted by Gasteiger charge is -2.12. The molecule has 4 N–H and O–H groups in total. The van der Waals surface area contributed by atoms with Crippen LogP contribution in [-0.4, -0.2) is 21.1 Å². The van der Waals surface area contributed by atoms with E-state index in [0.29, 0.717) is 11.4 Å². The Bertz CT molecular complexity index is 1170. The number of H-pyrrole nitrogens is 1. The predicted molar refractivity (Wildman–Crippen MR) is 102 cm³/mol. The fourth-order valence-electron chi connectivity index (χ4n) is 2.93. The minimum atomic E-state index is -1.09. The number of hydrogen-bond acceptors (Lipinski definition) is 4. The third kappa shape index (κ3) is 3.27. The molecule has 8 heteroatoms. The Kier molecular flexibility index (Phi) is 4.44. The summed E-state index contributed by atoms with van der Waals surface area (Å²) >= 11 is 0. The van der Waals surface area contributed by atoms with Crippen molar-refractivity contribution in [3.05, 3.63) is 83.3 Å². The van der Waals surface area contributed by atoms with Crippen molar-refractivity contribution in [3.63, 3.8) is 0 Å². The lowest BCUT2D eigenvalue weighted by Crippen LogP contribution is -2.17. The van der Waals surface area contributed by atoms with Crippen molar-refractivity contribution in [1.82, 2.24) is 15.2 Å². The number of aromatic nitrogens is 3. The van der Waals surface area contributed by atoms with E-state index >= 15 is 0 Å². The topological polar surface area (TPSA) is 96.7 Å². The van der Waals surface area contributed by atoms with Gasteiger partial charge in [0.1, 0.15) is 5.69 Å². The normalized spacial score (nSPS) is 10.9. The Labute approximate surface area is 158 Å². The molecule has 4 rings (SSSR count). The molecule has 0 radical (unpaired) electrons. The van der Waals surface area contributed by atoms with Gasteiger partial charge in [-0.15, -0.1) is 0 Å². The van der Waals surface area contributed by atoms with E-state index in [4.69, 9.17) is 5.73 Å². The third-order valence-electron chi connectivity index (χ3n) is 4.35. The fourth-order valence-corrected chi connectivity index (χ4v) is 2.93. The van der Waals surface area contributed by atoms with Gasteiger partial charge in [0.15, 0.2) is 11.6 Å². The molecule has 0 saturated heterocycles. The van der Waals surface area contributed by atoms with Crippen molar-refractivity contribution < 1.29 is 13.6 Å². The van der Waals surface area contributed by atoms with Gasteiger partial charge < -0.3 is 11.1 Å². The monoisotopic (exact) mass is 379 g/mol. The minimum absolute atomic E-state index is 0.0818. The van der Waals surface area contributed by atoms with Crippen LogP contribution in [0.15, 0.2) is 54.9 Å². The van der Waals surface area contributed by atoms with E-state index < -0.39 is 23.2 Å². The van der Waals surface area contributed by atoms with E-state index in [0.717, 1.165) is 10.9 Å². The zero-order valence-electron chi connectivity index (χ0n) is 14.5. The highest BCUT2D eigenvalue weighted by atomic mass is 19.1. The summed E-state index contributed by atoms with van der Waals surface area (Å²) in [5, 5.41) is 10.1. The van der Waals surface area contributed by atoms with Crippen LogP contribution in [0.4, 0.5) is 20.2 Å². The average molecular weight is 379 g/mol. The predicted octanol–water partition coefficient (Wildman–Crippen LogP) is 3.66. The van der Waals surface area contributed by atoms with Gasteiger partial charge in [-0.3, -0.25) is 14.9 Å². The van der Waals surface area contributed by atoms with Crippen LogP contribution >= 0.6 is 0 Å². The molecular weight excluding hydrogens is 364 g/mol. The van der Waals surface area contributed by atoms with Crippen molar-refractivity contribution in [2.75, 3.05) is 11.1 Å². The number of hydrogen-bond donors (Lipinski definition) is 3. The second kappa shape index (κ2) is 7.07. The van der Waals surface area contributed by atoms with Gasteiger partial charge in [0.2, 0.25) is 0 Å². The second-order valence-electron chi connectivity index (χ2n) is 6.25. The number of pyridine rings is 1. The molecule has 2 heterocycles. The zero-order valence-corrected chi connectivity index (χ0v) is 14.5. The summed E-state index contributed by atoms with van der Waals surface area (Å²) in [6, 6.07) is 11.4. The number of nitrogens with two attached hydrogens (primary N) is 1. The van der Waals surface area contributed by atoms with Crippen molar-refractivity contribution >= 4 is 28.2 Å². The Morgan fingerprint density at radius 2 is 2.00 bits per heavy atom. The van der Waals surface area contributed by atoms with Crippen LogP contribution in [0.1, 0.15) is 21.6 Å². The summed E-state index contributed by atoms with van der Waals surface area (Å²) in [7, 11) is 0. The lowest BCUT2D eigenvalue weighted by atomic mass is 10.0. The maximum absolute atomic E-state index is 14.5. The molecule has 0 saturated carbocycles. The van der Waals surface area contributed by atoms with E-state index in [9.17, 15) is 13.6 Å². The van der Waals surface area contributed by atoms with Crippen LogP contribution in [0.5, 0.6) is 0 Å². The van der Waals surface area contributed by atoms with Crippen LogP contribution < -0.4 is 11.1 Å². The van der Waals surface area contributed by atoms with Gasteiger partial charge in [0.25, 0.3) is 5.91 Å². The molecule has 2 aromatic heterocycles. The number of aromatic amines is 1. The molecular formula is C20H15F2N5O. The maximum Gasteiger partial charge on any atom is 0.258 e. The van der Waals surface area contributed by atoms with Crippen molar-refractivity contribution in [2.24, 2.45) is 0 Å². The highest BCUT2D eigenvalue weighted by Crippen LogP contribution is 2.26. The second-order valence-corrected chi connectivity index (χ2v) is 6.25. The first-order chi connectivity index (χ1) is 13.5. The third-order valence-corrected chi connectivity index (χ3v) is 4.35. The first-order valence-corrected chi connectivity index (χ1v) is 8.43. The maximum atomic E-state index is 14.5. The van der Waals surface area contributed by atoms with Crippen LogP contribution in [-0.2, 0) is 6.42 Å². The number of rotatable bonds is 4. The van der Waals surface area contributed by atoms with E-state index in [-0.39, 0.29) is 17.5 Å². The van der Waals surface area contributed by atoms with Crippen LogP contribution in [0, 0.1) is 11.6 Å². The quantitative estimate of drug-likeness (QED) is 0.472. The number of anilines is 2. The molecule has 0 atom stereocenters. The number of carbonyl (C=O) groups excluding carboxylic acids is 1. The molecule has 2 aromatic carbocycles. The molecule has 0 spiro atoms. The van der Waals surface area contributed by atoms with Crippen molar-refractivity contribution in [2.45, 2.75) is 6.42 Å². The number of nitrogens with one attached hydrogen (secondary N) is 2. The summed E-state index contributed by atoms with van der Waals surface area (Å²) in [5.74, 6) is -2.71. The fraction of sp³-hybridized carbons (Fsp3) is 0.0500. The Hall–Kier alpha value is -3.81. The van der Waals surface area contributed by atoms with E-state index in [2.05, 4.69) is 20.5 Å². The first-order valence-electron chi connectivity index (χ1n) is 8.43. The molecule has 0 aliphatic rings. The van der Waals surface area contributed by atoms with Crippen LogP contribution in [0.3, 0.4) is 0 Å². The van der Waals surface area contributed by atoms with Gasteiger partial charge in [0.05, 0.1) is 17.3 Å². The van der Waals surface area contributed by atoms with Gasteiger partial charge in [0, 0.05) is 29.4 Å². The Morgan fingerprint density at radius 3 is 2.79 bits per heavy atom. The number of amides is 1. The Balaban J connectivity index is 1.66. The molecule has 0 aliphatic carbocycles. The largest absolute Gasteiger partial charge is 0.394 e. The number of nitrogen functional groups attached to an aromatic ring is 1. The average Bonchev–Trinajstić information content (AvgIpc) is 3.17. The molecule has 28 heavy (non-hydrogen) atoms. The van der Waals surface area contributed by atoms with Crippen LogP contribution in [0.25, 0.3) is 10.9 Å². The molecule has 0 fully saturated rings. The lowest BCUT2D eigenvalue weighted by molar-refractivity contribution is 0.102. The van der Waals surface area contributed by atoms with Crippen LogP contribution in [0.2, 0.25) is 0 Å². The van der Waals surface area contributed by atoms with Gasteiger partial charge in [-0.2, -0.15) is 5.10 Å². The van der Waals surface area contributed by atoms with Gasteiger partial charge in [-0.25, -0.2) is 8.78 Å². The highest BCUT2D eigenvalue weighted by molar-refractivity contribution is 6.06. The number of benzene rings is 2. The SMILES string of the molecule is Nc1c(F)c(Cc2ccccn2)cc(C(=O)Nc2ccc3[nH]ncc3c2)c1F. The van der Waals surface area contributed by atoms with E-state index in [1.807, 2.05) is 0 Å². The van der Waals surface area contributed by atoms with E-state index in [1.165, 1.54) is 6.07 Å². The van der Waals surface area contributed by atoms with Crippen molar-refractivity contribution in [1.29, 1.82) is 0 Å². The first kappa shape index (κ1) is 17.6. The number of fused-ring (bicyclic) bond motifs is 1. The molecule has 140 valence electrons. The van der Waals surface area contributed by atoms with Gasteiger partial charge >= 0.3 is 0 Å². The number of halogens is 2. The molecule has 0 unspecified atom stereocenters.